The van der Waals surface area contributed by atoms with Gasteiger partial charge in [0, 0.05) is 28.4 Å². The molecule has 292 valence electrons. The Morgan fingerprint density at radius 2 is 0.950 bits per heavy atom. The monoisotopic (exact) mass is 774 g/mol. The van der Waals surface area contributed by atoms with Gasteiger partial charge in [0.1, 0.15) is 0 Å². The number of aryl methyl sites for hydroxylation is 1. The second kappa shape index (κ2) is 18.6. The molecule has 2 nitrogen and oxygen atoms in total. The first kappa shape index (κ1) is 38.4. The summed E-state index contributed by atoms with van der Waals surface area (Å²) in [7, 11) is 0. The van der Waals surface area contributed by atoms with Crippen molar-refractivity contribution in [2.75, 3.05) is 9.80 Å². The Hall–Kier alpha value is -7.16. The normalized spacial score (nSPS) is 15.8. The van der Waals surface area contributed by atoms with Crippen LogP contribution in [-0.4, -0.2) is 6.04 Å². The predicted molar refractivity (Wildman–Crippen MR) is 260 cm³/mol. The molecule has 0 saturated heterocycles. The molecule has 1 unspecified atom stereocenters. The Morgan fingerprint density at radius 3 is 1.48 bits per heavy atom. The van der Waals surface area contributed by atoms with Gasteiger partial charge >= 0.3 is 0 Å². The summed E-state index contributed by atoms with van der Waals surface area (Å²) in [5.74, 6) is 0. The summed E-state index contributed by atoms with van der Waals surface area (Å²) in [4.78, 5) is 4.81. The molecule has 6 aromatic rings. The third kappa shape index (κ3) is 9.41. The Bertz CT molecular complexity index is 2630. The van der Waals surface area contributed by atoms with Gasteiger partial charge in [-0.05, 0) is 131 Å². The number of benzene rings is 6. The van der Waals surface area contributed by atoms with Gasteiger partial charge < -0.3 is 9.80 Å². The fraction of sp³-hybridized carbons (Fsp3) is 0.103. The van der Waals surface area contributed by atoms with E-state index in [9.17, 15) is 0 Å². The third-order valence-corrected chi connectivity index (χ3v) is 11.4. The van der Waals surface area contributed by atoms with E-state index in [0.29, 0.717) is 6.04 Å². The maximum absolute atomic E-state index is 2.47. The van der Waals surface area contributed by atoms with Crippen LogP contribution in [0.15, 0.2) is 200 Å². The van der Waals surface area contributed by atoms with Crippen molar-refractivity contribution in [3.05, 3.63) is 244 Å². The average molecular weight is 775 g/mol. The van der Waals surface area contributed by atoms with Gasteiger partial charge in [0.25, 0.3) is 0 Å². The smallest absolute Gasteiger partial charge is 0.0559 e. The van der Waals surface area contributed by atoms with E-state index in [2.05, 4.69) is 247 Å². The zero-order valence-electron chi connectivity index (χ0n) is 34.0. The van der Waals surface area contributed by atoms with Gasteiger partial charge in [-0.3, -0.25) is 0 Å². The molecule has 0 heterocycles. The molecule has 0 aromatic heterocycles. The highest BCUT2D eigenvalue weighted by atomic mass is 15.2. The molecule has 2 heteroatoms. The van der Waals surface area contributed by atoms with E-state index >= 15 is 0 Å². The van der Waals surface area contributed by atoms with Crippen molar-refractivity contribution in [3.63, 3.8) is 0 Å². The highest BCUT2D eigenvalue weighted by Gasteiger charge is 2.20. The summed E-state index contributed by atoms with van der Waals surface area (Å²) in [6.45, 7) is 0. The van der Waals surface area contributed by atoms with E-state index in [1.807, 2.05) is 0 Å². The highest BCUT2D eigenvalue weighted by Crippen LogP contribution is 2.37. The number of nitrogens with zero attached hydrogens (tertiary/aromatic N) is 2. The van der Waals surface area contributed by atoms with Crippen LogP contribution >= 0.6 is 0 Å². The Balaban J connectivity index is 0.805. The first-order valence-electron chi connectivity index (χ1n) is 21.3. The number of rotatable bonds is 12. The highest BCUT2D eigenvalue weighted by molar-refractivity contribution is 5.80. The number of para-hydroxylation sites is 1. The van der Waals surface area contributed by atoms with Crippen LogP contribution in [-0.2, 0) is 6.42 Å². The first-order valence-corrected chi connectivity index (χ1v) is 21.3. The summed E-state index contributed by atoms with van der Waals surface area (Å²) in [5, 5.41) is 0. The van der Waals surface area contributed by atoms with Crippen molar-refractivity contribution in [1.82, 2.24) is 0 Å². The predicted octanol–water partition coefficient (Wildman–Crippen LogP) is 15.6. The van der Waals surface area contributed by atoms with Crippen molar-refractivity contribution in [2.45, 2.75) is 38.1 Å². The van der Waals surface area contributed by atoms with Crippen LogP contribution < -0.4 is 9.80 Å². The standard InChI is InChI=1S/C58H50N2/c1-4-14-53(15-5-1)59(54-16-6-2-7-17-54)56-39-34-49(35-40-56)32-30-47-26-22-45(23-27-47)20-21-46-24-28-48(29-25-46)31-33-50-36-41-57(42-37-50)60(55-18-8-3-9-19-55)58-43-38-51-12-10-11-13-52(51)44-58/h1,3-6,8-9,11,13-14,16-44,53H,2,7,10,12,15H2/b21-20+,32-30+,33-31+. The van der Waals surface area contributed by atoms with E-state index in [4.69, 9.17) is 0 Å². The molecule has 0 radical (unpaired) electrons. The molecular formula is C58H50N2. The van der Waals surface area contributed by atoms with Crippen molar-refractivity contribution in [2.24, 2.45) is 0 Å². The molecule has 6 aromatic carbocycles. The number of allylic oxidation sites excluding steroid dienone is 6. The average Bonchev–Trinajstić information content (AvgIpc) is 3.32. The lowest BCUT2D eigenvalue weighted by Crippen LogP contribution is -2.33. The van der Waals surface area contributed by atoms with Gasteiger partial charge in [0.2, 0.25) is 0 Å². The number of fused-ring (bicyclic) bond motifs is 1. The van der Waals surface area contributed by atoms with E-state index in [0.717, 1.165) is 43.5 Å². The quantitative estimate of drug-likeness (QED) is 0.114. The van der Waals surface area contributed by atoms with Gasteiger partial charge in [-0.2, -0.15) is 0 Å². The van der Waals surface area contributed by atoms with Gasteiger partial charge in [-0.15, -0.1) is 0 Å². The van der Waals surface area contributed by atoms with Crippen LogP contribution in [0.25, 0.3) is 42.5 Å². The molecule has 3 aliphatic rings. The molecule has 3 aliphatic carbocycles. The zero-order chi connectivity index (χ0) is 40.4. The van der Waals surface area contributed by atoms with E-state index in [1.165, 1.54) is 61.6 Å². The number of hydrogen-bond acceptors (Lipinski definition) is 2. The summed E-state index contributed by atoms with van der Waals surface area (Å²) >= 11 is 0. The van der Waals surface area contributed by atoms with Gasteiger partial charge in [0.05, 0.1) is 6.04 Å². The lowest BCUT2D eigenvalue weighted by Gasteiger charge is -2.34. The van der Waals surface area contributed by atoms with E-state index in [-0.39, 0.29) is 0 Å². The van der Waals surface area contributed by atoms with Crippen LogP contribution in [0, 0.1) is 0 Å². The van der Waals surface area contributed by atoms with Gasteiger partial charge in [0.15, 0.2) is 0 Å². The maximum atomic E-state index is 2.47. The molecule has 0 aliphatic heterocycles. The Kier molecular flexibility index (Phi) is 11.9. The zero-order valence-corrected chi connectivity index (χ0v) is 34.0. The minimum atomic E-state index is 0.331. The maximum Gasteiger partial charge on any atom is 0.0559 e. The molecule has 60 heavy (non-hydrogen) atoms. The second-order valence-corrected chi connectivity index (χ2v) is 15.6. The fourth-order valence-electron chi connectivity index (χ4n) is 8.14. The van der Waals surface area contributed by atoms with E-state index in [1.54, 1.807) is 0 Å². The second-order valence-electron chi connectivity index (χ2n) is 15.6. The molecule has 0 N–H and O–H groups in total. The topological polar surface area (TPSA) is 6.48 Å². The molecule has 0 saturated carbocycles. The summed E-state index contributed by atoms with van der Waals surface area (Å²) in [6.07, 6.45) is 38.9. The van der Waals surface area contributed by atoms with Crippen LogP contribution in [0.4, 0.5) is 22.7 Å². The molecular weight excluding hydrogens is 725 g/mol. The van der Waals surface area contributed by atoms with Crippen molar-refractivity contribution < 1.29 is 0 Å². The largest absolute Gasteiger partial charge is 0.335 e. The van der Waals surface area contributed by atoms with Crippen LogP contribution in [0.2, 0.25) is 0 Å². The summed E-state index contributed by atoms with van der Waals surface area (Å²) < 4.78 is 0. The van der Waals surface area contributed by atoms with Gasteiger partial charge in [-0.1, -0.05) is 182 Å². The third-order valence-electron chi connectivity index (χ3n) is 11.4. The number of anilines is 4. The lowest BCUT2D eigenvalue weighted by atomic mass is 9.96. The summed E-state index contributed by atoms with van der Waals surface area (Å²) in [5.41, 5.74) is 15.8. The lowest BCUT2D eigenvalue weighted by molar-refractivity contribution is 0.755. The first-order chi connectivity index (χ1) is 29.7. The molecule has 0 amide bonds. The van der Waals surface area contributed by atoms with Crippen molar-refractivity contribution in [1.29, 1.82) is 0 Å². The van der Waals surface area contributed by atoms with Crippen molar-refractivity contribution in [3.8, 4) is 0 Å². The molecule has 0 fully saturated rings. The Labute approximate surface area is 356 Å². The number of hydrogen-bond donors (Lipinski definition) is 0. The SMILES string of the molecule is C1=CCC(N(C2=CCCC=C2)c2ccc(/C=C/c3ccc(/C=C/c4ccc(/C=C/c5ccc(N(c6ccccc6)c6ccc7c(c6)C=CCC7)cc5)cc4)cc3)cc2)C=C1. The van der Waals surface area contributed by atoms with E-state index < -0.39 is 0 Å². The molecule has 9 rings (SSSR count). The Morgan fingerprint density at radius 1 is 0.433 bits per heavy atom. The molecule has 0 bridgehead atoms. The minimum Gasteiger partial charge on any atom is -0.335 e. The minimum absolute atomic E-state index is 0.331. The molecule has 1 atom stereocenters. The van der Waals surface area contributed by atoms with Crippen LogP contribution in [0.5, 0.6) is 0 Å². The van der Waals surface area contributed by atoms with Gasteiger partial charge in [-0.25, -0.2) is 0 Å². The summed E-state index contributed by atoms with van der Waals surface area (Å²) in [6, 6.07) is 53.0. The fourth-order valence-corrected chi connectivity index (χ4v) is 8.14. The molecule has 0 spiro atoms. The van der Waals surface area contributed by atoms with Crippen LogP contribution in [0.3, 0.4) is 0 Å². The van der Waals surface area contributed by atoms with Crippen molar-refractivity contribution >= 4 is 65.3 Å². The van der Waals surface area contributed by atoms with Crippen LogP contribution in [0.1, 0.15) is 70.2 Å².